The van der Waals surface area contributed by atoms with Crippen LogP contribution in [0.25, 0.3) is 0 Å². The van der Waals surface area contributed by atoms with Gasteiger partial charge in [0.2, 0.25) is 0 Å². The van der Waals surface area contributed by atoms with Gasteiger partial charge in [0.1, 0.15) is 0 Å². The summed E-state index contributed by atoms with van der Waals surface area (Å²) in [4.78, 5) is 0. The van der Waals surface area contributed by atoms with Gasteiger partial charge in [-0.3, -0.25) is 5.32 Å². The van der Waals surface area contributed by atoms with Crippen LogP contribution in [-0.4, -0.2) is 23.6 Å². The normalized spacial score (nSPS) is 29.5. The van der Waals surface area contributed by atoms with Crippen LogP contribution in [0, 0.1) is 12.3 Å². The molecule has 0 aliphatic heterocycles. The third-order valence-corrected chi connectivity index (χ3v) is 4.20. The zero-order valence-electron chi connectivity index (χ0n) is 9.25. The molecule has 1 aliphatic rings. The molecular weight excluding hydrogens is 190 g/mol. The second-order valence-corrected chi connectivity index (χ2v) is 5.04. The van der Waals surface area contributed by atoms with E-state index in [-0.39, 0.29) is 6.04 Å². The Bertz CT molecular complexity index is 197. The van der Waals surface area contributed by atoms with Crippen molar-refractivity contribution < 1.29 is 0 Å². The molecule has 1 N–H and O–H groups in total. The zero-order valence-corrected chi connectivity index (χ0v) is 10.1. The molecule has 1 fully saturated rings. The summed E-state index contributed by atoms with van der Waals surface area (Å²) in [5, 5.41) is 4.37. The van der Waals surface area contributed by atoms with Crippen LogP contribution in [0.1, 0.15) is 39.0 Å². The molecule has 0 saturated heterocycles. The summed E-state index contributed by atoms with van der Waals surface area (Å²) >= 11 is 1.99. The molecule has 0 aromatic rings. The Morgan fingerprint density at radius 3 is 2.79 bits per heavy atom. The third kappa shape index (κ3) is 3.22. The number of rotatable bonds is 4. The minimum absolute atomic E-state index is 0.271. The zero-order chi connectivity index (χ0) is 10.4. The van der Waals surface area contributed by atoms with E-state index in [1.54, 1.807) is 0 Å². The first-order chi connectivity index (χ1) is 6.81. The average Bonchev–Trinajstić information content (AvgIpc) is 2.26. The highest BCUT2D eigenvalue weighted by atomic mass is 32.2. The van der Waals surface area contributed by atoms with Crippen LogP contribution in [0.4, 0.5) is 0 Å². The first-order valence-corrected chi connectivity index (χ1v) is 6.85. The molecule has 2 heteroatoms. The standard InChI is InChI=1S/C12H21NS/c1-4-10(5-2)13-11-8-6-7-9-12(11)14-3/h1,10-13H,5-9H2,2-3H3. The fourth-order valence-electron chi connectivity index (χ4n) is 2.11. The average molecular weight is 211 g/mol. The number of terminal acetylenes is 1. The minimum Gasteiger partial charge on any atom is -0.300 e. The lowest BCUT2D eigenvalue weighted by Crippen LogP contribution is -2.45. The van der Waals surface area contributed by atoms with E-state index in [2.05, 4.69) is 24.4 Å². The van der Waals surface area contributed by atoms with E-state index in [1.165, 1.54) is 25.7 Å². The number of hydrogen-bond donors (Lipinski definition) is 1. The van der Waals surface area contributed by atoms with Crippen LogP contribution in [0.5, 0.6) is 0 Å². The highest BCUT2D eigenvalue weighted by Gasteiger charge is 2.25. The van der Waals surface area contributed by atoms with Gasteiger partial charge >= 0.3 is 0 Å². The molecule has 1 rings (SSSR count). The second kappa shape index (κ2) is 6.37. The van der Waals surface area contributed by atoms with Gasteiger partial charge in [0.05, 0.1) is 6.04 Å². The summed E-state index contributed by atoms with van der Waals surface area (Å²) in [6, 6.07) is 0.910. The molecule has 14 heavy (non-hydrogen) atoms. The van der Waals surface area contributed by atoms with Gasteiger partial charge in [-0.25, -0.2) is 0 Å². The van der Waals surface area contributed by atoms with Crippen molar-refractivity contribution in [1.82, 2.24) is 5.32 Å². The van der Waals surface area contributed by atoms with Crippen molar-refractivity contribution in [1.29, 1.82) is 0 Å². The van der Waals surface area contributed by atoms with Crippen molar-refractivity contribution in [2.45, 2.75) is 56.4 Å². The summed E-state index contributed by atoms with van der Waals surface area (Å²) in [7, 11) is 0. The topological polar surface area (TPSA) is 12.0 Å². The van der Waals surface area contributed by atoms with Crippen LogP contribution in [0.15, 0.2) is 0 Å². The van der Waals surface area contributed by atoms with E-state index in [0.29, 0.717) is 6.04 Å². The van der Waals surface area contributed by atoms with Gasteiger partial charge in [-0.05, 0) is 25.5 Å². The molecule has 0 aromatic carbocycles. The molecule has 3 atom stereocenters. The predicted octanol–water partition coefficient (Wildman–Crippen LogP) is 2.66. The monoisotopic (exact) mass is 211 g/mol. The Morgan fingerprint density at radius 1 is 1.50 bits per heavy atom. The molecule has 1 saturated carbocycles. The molecule has 0 aromatic heterocycles. The summed E-state index contributed by atoms with van der Waals surface area (Å²) in [5.74, 6) is 2.82. The van der Waals surface area contributed by atoms with Crippen molar-refractivity contribution >= 4 is 11.8 Å². The maximum atomic E-state index is 5.47. The fraction of sp³-hybridized carbons (Fsp3) is 0.833. The molecule has 0 amide bonds. The first kappa shape index (κ1) is 11.9. The summed E-state index contributed by atoms with van der Waals surface area (Å²) in [6.45, 7) is 2.15. The van der Waals surface area contributed by atoms with Gasteiger partial charge in [0, 0.05) is 11.3 Å². The number of nitrogens with one attached hydrogen (secondary N) is 1. The Hall–Kier alpha value is -0.130. The Labute approximate surface area is 92.4 Å². The molecule has 0 heterocycles. The highest BCUT2D eigenvalue weighted by molar-refractivity contribution is 7.99. The van der Waals surface area contributed by atoms with Gasteiger partial charge in [-0.1, -0.05) is 25.7 Å². The maximum absolute atomic E-state index is 5.47. The molecule has 0 bridgehead atoms. The second-order valence-electron chi connectivity index (χ2n) is 3.96. The summed E-state index contributed by atoms with van der Waals surface area (Å²) < 4.78 is 0. The lowest BCUT2D eigenvalue weighted by Gasteiger charge is -2.32. The fourth-order valence-corrected chi connectivity index (χ4v) is 3.06. The predicted molar refractivity (Wildman–Crippen MR) is 65.6 cm³/mol. The van der Waals surface area contributed by atoms with Gasteiger partial charge in [-0.15, -0.1) is 6.42 Å². The van der Waals surface area contributed by atoms with Gasteiger partial charge in [-0.2, -0.15) is 11.8 Å². The molecule has 1 aliphatic carbocycles. The van der Waals surface area contributed by atoms with E-state index < -0.39 is 0 Å². The smallest absolute Gasteiger partial charge is 0.0686 e. The minimum atomic E-state index is 0.271. The van der Waals surface area contributed by atoms with Crippen LogP contribution >= 0.6 is 11.8 Å². The lowest BCUT2D eigenvalue weighted by molar-refractivity contribution is 0.365. The van der Waals surface area contributed by atoms with E-state index in [9.17, 15) is 0 Å². The molecule has 80 valence electrons. The molecule has 0 radical (unpaired) electrons. The number of thioether (sulfide) groups is 1. The molecule has 0 spiro atoms. The largest absolute Gasteiger partial charge is 0.300 e. The first-order valence-electron chi connectivity index (χ1n) is 5.56. The van der Waals surface area contributed by atoms with Crippen LogP contribution < -0.4 is 5.32 Å². The maximum Gasteiger partial charge on any atom is 0.0686 e. The van der Waals surface area contributed by atoms with Crippen molar-refractivity contribution in [2.75, 3.05) is 6.26 Å². The van der Waals surface area contributed by atoms with E-state index in [4.69, 9.17) is 6.42 Å². The molecular formula is C12H21NS. The van der Waals surface area contributed by atoms with Crippen molar-refractivity contribution in [2.24, 2.45) is 0 Å². The van der Waals surface area contributed by atoms with Gasteiger partial charge in [0.15, 0.2) is 0 Å². The Morgan fingerprint density at radius 2 is 2.21 bits per heavy atom. The van der Waals surface area contributed by atoms with Crippen molar-refractivity contribution in [3.8, 4) is 12.3 Å². The molecule has 1 nitrogen and oxygen atoms in total. The van der Waals surface area contributed by atoms with E-state index in [1.807, 2.05) is 11.8 Å². The van der Waals surface area contributed by atoms with Gasteiger partial charge in [0.25, 0.3) is 0 Å². The van der Waals surface area contributed by atoms with E-state index >= 15 is 0 Å². The van der Waals surface area contributed by atoms with E-state index in [0.717, 1.165) is 11.7 Å². The van der Waals surface area contributed by atoms with Crippen LogP contribution in [0.2, 0.25) is 0 Å². The highest BCUT2D eigenvalue weighted by Crippen LogP contribution is 2.27. The SMILES string of the molecule is C#CC(CC)NC1CCCCC1SC. The Kier molecular flexibility index (Phi) is 5.44. The van der Waals surface area contributed by atoms with Crippen molar-refractivity contribution in [3.63, 3.8) is 0 Å². The summed E-state index contributed by atoms with van der Waals surface area (Å²) in [6.07, 6.45) is 14.1. The van der Waals surface area contributed by atoms with Crippen molar-refractivity contribution in [3.05, 3.63) is 0 Å². The number of hydrogen-bond acceptors (Lipinski definition) is 2. The van der Waals surface area contributed by atoms with Gasteiger partial charge < -0.3 is 0 Å². The quantitative estimate of drug-likeness (QED) is 0.718. The third-order valence-electron chi connectivity index (χ3n) is 3.03. The molecule has 3 unspecified atom stereocenters. The van der Waals surface area contributed by atoms with Crippen LogP contribution in [0.3, 0.4) is 0 Å². The summed E-state index contributed by atoms with van der Waals surface area (Å²) in [5.41, 5.74) is 0. The van der Waals surface area contributed by atoms with Crippen LogP contribution in [-0.2, 0) is 0 Å². The lowest BCUT2D eigenvalue weighted by atomic mass is 9.94. The Balaban J connectivity index is 2.44.